The van der Waals surface area contributed by atoms with Crippen molar-refractivity contribution in [3.05, 3.63) is 53.2 Å². The Hall–Kier alpha value is -2.03. The van der Waals surface area contributed by atoms with Crippen LogP contribution in [0.2, 0.25) is 0 Å². The number of nitrogens with zero attached hydrogens (tertiary/aromatic N) is 1. The molecule has 3 heteroatoms. The molecule has 2 rings (SSSR count). The number of rotatable bonds is 4. The van der Waals surface area contributed by atoms with Crippen molar-refractivity contribution >= 4 is 11.5 Å². The quantitative estimate of drug-likeness (QED) is 0.890. The molecule has 0 saturated carbocycles. The molecular weight excluding hydrogens is 246 g/mol. The fourth-order valence-electron chi connectivity index (χ4n) is 2.14. The zero-order valence-corrected chi connectivity index (χ0v) is 12.7. The van der Waals surface area contributed by atoms with Gasteiger partial charge in [-0.15, -0.1) is 0 Å². The number of nitrogens with two attached hydrogens (primary N) is 1. The molecule has 0 fully saturated rings. The first-order valence-electron chi connectivity index (χ1n) is 6.91. The Bertz CT molecular complexity index is 603. The second-order valence-electron chi connectivity index (χ2n) is 6.03. The summed E-state index contributed by atoms with van der Waals surface area (Å²) in [5.74, 6) is 0.873. The number of nitrogen functional groups attached to an aromatic ring is 1. The van der Waals surface area contributed by atoms with Crippen molar-refractivity contribution in [2.45, 2.75) is 33.1 Å². The standard InChI is InChI=1S/C17H23N3/c1-12-6-5-7-14(8-12)17(3,4)11-20-16-9-13(2)15(18)10-19-16/h5-10H,11,18H2,1-4H3,(H,19,20). The first kappa shape index (κ1) is 14.4. The van der Waals surface area contributed by atoms with Gasteiger partial charge in [0.05, 0.1) is 11.9 Å². The lowest BCUT2D eigenvalue weighted by atomic mass is 9.84. The highest BCUT2D eigenvalue weighted by Crippen LogP contribution is 2.24. The van der Waals surface area contributed by atoms with Gasteiger partial charge in [-0.3, -0.25) is 0 Å². The third kappa shape index (κ3) is 3.29. The van der Waals surface area contributed by atoms with E-state index in [1.807, 2.05) is 13.0 Å². The monoisotopic (exact) mass is 269 g/mol. The normalized spacial score (nSPS) is 11.4. The average Bonchev–Trinajstić information content (AvgIpc) is 2.40. The van der Waals surface area contributed by atoms with Crippen LogP contribution < -0.4 is 11.1 Å². The molecule has 0 aliphatic rings. The summed E-state index contributed by atoms with van der Waals surface area (Å²) in [5.41, 5.74) is 10.2. The van der Waals surface area contributed by atoms with E-state index in [2.05, 4.69) is 55.3 Å². The van der Waals surface area contributed by atoms with Crippen LogP contribution in [-0.4, -0.2) is 11.5 Å². The summed E-state index contributed by atoms with van der Waals surface area (Å²) in [6.07, 6.45) is 1.71. The number of anilines is 2. The smallest absolute Gasteiger partial charge is 0.126 e. The lowest BCUT2D eigenvalue weighted by molar-refractivity contribution is 0.556. The molecule has 0 saturated heterocycles. The molecule has 0 radical (unpaired) electrons. The highest BCUT2D eigenvalue weighted by atomic mass is 15.0. The van der Waals surface area contributed by atoms with Crippen LogP contribution in [0.4, 0.5) is 11.5 Å². The molecule has 0 aliphatic heterocycles. The molecule has 3 nitrogen and oxygen atoms in total. The van der Waals surface area contributed by atoms with E-state index in [0.717, 1.165) is 23.6 Å². The van der Waals surface area contributed by atoms with Crippen molar-refractivity contribution < 1.29 is 0 Å². The van der Waals surface area contributed by atoms with Crippen molar-refractivity contribution in [3.63, 3.8) is 0 Å². The fourth-order valence-corrected chi connectivity index (χ4v) is 2.14. The van der Waals surface area contributed by atoms with Gasteiger partial charge in [-0.05, 0) is 31.0 Å². The van der Waals surface area contributed by atoms with Crippen LogP contribution in [0.1, 0.15) is 30.5 Å². The van der Waals surface area contributed by atoms with Crippen molar-refractivity contribution in [1.82, 2.24) is 4.98 Å². The van der Waals surface area contributed by atoms with Crippen LogP contribution in [0.15, 0.2) is 36.5 Å². The number of aromatic nitrogens is 1. The third-order valence-electron chi connectivity index (χ3n) is 3.66. The first-order valence-corrected chi connectivity index (χ1v) is 6.91. The highest BCUT2D eigenvalue weighted by molar-refractivity contribution is 5.51. The largest absolute Gasteiger partial charge is 0.397 e. The van der Waals surface area contributed by atoms with E-state index in [1.54, 1.807) is 6.20 Å². The van der Waals surface area contributed by atoms with E-state index in [0.29, 0.717) is 0 Å². The van der Waals surface area contributed by atoms with Gasteiger partial charge in [-0.1, -0.05) is 43.7 Å². The molecule has 20 heavy (non-hydrogen) atoms. The molecule has 0 aliphatic carbocycles. The Balaban J connectivity index is 2.10. The van der Waals surface area contributed by atoms with E-state index in [4.69, 9.17) is 5.73 Å². The molecule has 106 valence electrons. The maximum atomic E-state index is 5.79. The number of benzene rings is 1. The summed E-state index contributed by atoms with van der Waals surface area (Å²) in [5, 5.41) is 3.40. The Kier molecular flexibility index (Phi) is 3.98. The Morgan fingerprint density at radius 2 is 1.95 bits per heavy atom. The van der Waals surface area contributed by atoms with Gasteiger partial charge in [0.15, 0.2) is 0 Å². The van der Waals surface area contributed by atoms with E-state index in [1.165, 1.54) is 11.1 Å². The Labute approximate surface area is 121 Å². The lowest BCUT2D eigenvalue weighted by Crippen LogP contribution is -2.28. The van der Waals surface area contributed by atoms with Gasteiger partial charge in [0.1, 0.15) is 5.82 Å². The molecule has 1 aromatic heterocycles. The molecule has 0 unspecified atom stereocenters. The minimum absolute atomic E-state index is 0.0446. The van der Waals surface area contributed by atoms with E-state index in [-0.39, 0.29) is 5.41 Å². The number of hydrogen-bond donors (Lipinski definition) is 2. The van der Waals surface area contributed by atoms with Crippen molar-refractivity contribution in [1.29, 1.82) is 0 Å². The molecular formula is C17H23N3. The summed E-state index contributed by atoms with van der Waals surface area (Å²) >= 11 is 0. The van der Waals surface area contributed by atoms with E-state index in [9.17, 15) is 0 Å². The number of nitrogens with one attached hydrogen (secondary N) is 1. The lowest BCUT2D eigenvalue weighted by Gasteiger charge is -2.26. The van der Waals surface area contributed by atoms with Gasteiger partial charge in [-0.2, -0.15) is 0 Å². The molecule has 0 atom stereocenters. The fraction of sp³-hybridized carbons (Fsp3) is 0.353. The molecule has 1 aromatic carbocycles. The predicted octanol–water partition coefficient (Wildman–Crippen LogP) is 3.67. The van der Waals surface area contributed by atoms with Gasteiger partial charge in [0, 0.05) is 12.0 Å². The van der Waals surface area contributed by atoms with Gasteiger partial charge < -0.3 is 11.1 Å². The van der Waals surface area contributed by atoms with E-state index < -0.39 is 0 Å². The topological polar surface area (TPSA) is 50.9 Å². The number of aryl methyl sites for hydroxylation is 2. The van der Waals surface area contributed by atoms with Gasteiger partial charge >= 0.3 is 0 Å². The first-order chi connectivity index (χ1) is 9.38. The summed E-state index contributed by atoms with van der Waals surface area (Å²) in [6.45, 7) is 9.41. The van der Waals surface area contributed by atoms with Crippen LogP contribution in [-0.2, 0) is 5.41 Å². The predicted molar refractivity (Wildman–Crippen MR) is 86.1 cm³/mol. The zero-order valence-electron chi connectivity index (χ0n) is 12.7. The van der Waals surface area contributed by atoms with Crippen LogP contribution in [0.25, 0.3) is 0 Å². The number of pyridine rings is 1. The summed E-state index contributed by atoms with van der Waals surface area (Å²) < 4.78 is 0. The Morgan fingerprint density at radius 3 is 2.60 bits per heavy atom. The molecule has 0 bridgehead atoms. The van der Waals surface area contributed by atoms with Crippen LogP contribution in [0.3, 0.4) is 0 Å². The molecule has 3 N–H and O–H groups in total. The van der Waals surface area contributed by atoms with Crippen molar-refractivity contribution in [2.24, 2.45) is 0 Å². The molecule has 2 aromatic rings. The maximum absolute atomic E-state index is 5.79. The van der Waals surface area contributed by atoms with E-state index >= 15 is 0 Å². The van der Waals surface area contributed by atoms with Crippen molar-refractivity contribution in [3.8, 4) is 0 Å². The van der Waals surface area contributed by atoms with Crippen LogP contribution in [0.5, 0.6) is 0 Å². The second kappa shape index (κ2) is 5.53. The summed E-state index contributed by atoms with van der Waals surface area (Å²) in [4.78, 5) is 4.32. The Morgan fingerprint density at radius 1 is 1.20 bits per heavy atom. The van der Waals surface area contributed by atoms with Crippen LogP contribution in [0, 0.1) is 13.8 Å². The minimum atomic E-state index is 0.0446. The third-order valence-corrected chi connectivity index (χ3v) is 3.66. The highest BCUT2D eigenvalue weighted by Gasteiger charge is 2.20. The SMILES string of the molecule is Cc1cccc(C(C)(C)CNc2cc(C)c(N)cn2)c1. The molecule has 0 amide bonds. The number of hydrogen-bond acceptors (Lipinski definition) is 3. The van der Waals surface area contributed by atoms with Crippen LogP contribution >= 0.6 is 0 Å². The van der Waals surface area contributed by atoms with Gasteiger partial charge in [0.2, 0.25) is 0 Å². The summed E-state index contributed by atoms with van der Waals surface area (Å²) in [7, 11) is 0. The molecule has 0 spiro atoms. The second-order valence-corrected chi connectivity index (χ2v) is 6.03. The van der Waals surface area contributed by atoms with Crippen molar-refractivity contribution in [2.75, 3.05) is 17.6 Å². The van der Waals surface area contributed by atoms with Gasteiger partial charge in [0.25, 0.3) is 0 Å². The maximum Gasteiger partial charge on any atom is 0.126 e. The summed E-state index contributed by atoms with van der Waals surface area (Å²) in [6, 6.07) is 10.6. The molecule has 1 heterocycles. The minimum Gasteiger partial charge on any atom is -0.397 e. The van der Waals surface area contributed by atoms with Gasteiger partial charge in [-0.25, -0.2) is 4.98 Å². The average molecular weight is 269 g/mol. The zero-order chi connectivity index (χ0) is 14.8.